The molecular weight excluding hydrogens is 420 g/mol. The van der Waals surface area contributed by atoms with Crippen LogP contribution < -0.4 is 0 Å². The molecule has 2 amide bonds. The Morgan fingerprint density at radius 1 is 0.879 bits per heavy atom. The van der Waals surface area contributed by atoms with Crippen LogP contribution in [0.5, 0.6) is 0 Å². The number of carbonyl (C=O) groups excluding carboxylic acids is 2. The van der Waals surface area contributed by atoms with E-state index in [2.05, 4.69) is 31.5 Å². The third kappa shape index (κ3) is 6.11. The van der Waals surface area contributed by atoms with Crippen molar-refractivity contribution in [2.75, 3.05) is 72.1 Å². The standard InChI is InChI=1S/C24H34N6O3/c1-2-33-24(32)30-18-16-28(17-19-30)22(31)20-27-12-10-26(11-13-27)14-15-29-9-8-25-23(29)21-6-4-3-5-7-21/h3-9H,2,10-20H2,1H3. The van der Waals surface area contributed by atoms with Gasteiger partial charge in [-0.15, -0.1) is 0 Å². The maximum atomic E-state index is 12.7. The second-order valence-corrected chi connectivity index (χ2v) is 8.49. The minimum atomic E-state index is -0.285. The van der Waals surface area contributed by atoms with Gasteiger partial charge in [-0.05, 0) is 6.92 Å². The van der Waals surface area contributed by atoms with Crippen molar-refractivity contribution in [1.82, 2.24) is 29.2 Å². The molecule has 0 atom stereocenters. The molecule has 0 aliphatic carbocycles. The SMILES string of the molecule is CCOC(=O)N1CCN(C(=O)CN2CCN(CCn3ccnc3-c3ccccc3)CC2)CC1. The van der Waals surface area contributed by atoms with Gasteiger partial charge in [0.15, 0.2) is 0 Å². The second-order valence-electron chi connectivity index (χ2n) is 8.49. The number of imidazole rings is 1. The zero-order valence-electron chi connectivity index (χ0n) is 19.4. The molecule has 0 saturated carbocycles. The topological polar surface area (TPSA) is 74.2 Å². The highest BCUT2D eigenvalue weighted by atomic mass is 16.6. The van der Waals surface area contributed by atoms with Crippen LogP contribution in [0.4, 0.5) is 4.79 Å². The number of rotatable bonds is 7. The minimum absolute atomic E-state index is 0.151. The van der Waals surface area contributed by atoms with Crippen LogP contribution in [0.1, 0.15) is 6.92 Å². The normalized spacial score (nSPS) is 17.8. The van der Waals surface area contributed by atoms with E-state index in [1.807, 2.05) is 35.5 Å². The number of ether oxygens (including phenoxy) is 1. The van der Waals surface area contributed by atoms with Crippen LogP contribution in [0, 0.1) is 0 Å². The monoisotopic (exact) mass is 454 g/mol. The Morgan fingerprint density at radius 3 is 2.24 bits per heavy atom. The fourth-order valence-corrected chi connectivity index (χ4v) is 4.40. The van der Waals surface area contributed by atoms with Gasteiger partial charge in [0, 0.05) is 83.4 Å². The second kappa shape index (κ2) is 11.3. The summed E-state index contributed by atoms with van der Waals surface area (Å²) in [6.45, 7) is 10.4. The van der Waals surface area contributed by atoms with Crippen LogP contribution >= 0.6 is 0 Å². The van der Waals surface area contributed by atoms with E-state index < -0.39 is 0 Å². The van der Waals surface area contributed by atoms with Crippen molar-refractivity contribution in [3.05, 3.63) is 42.7 Å². The van der Waals surface area contributed by atoms with Gasteiger partial charge in [-0.3, -0.25) is 14.6 Å². The van der Waals surface area contributed by atoms with Crippen LogP contribution in [0.25, 0.3) is 11.4 Å². The lowest BCUT2D eigenvalue weighted by molar-refractivity contribution is -0.134. The highest BCUT2D eigenvalue weighted by Gasteiger charge is 2.27. The molecule has 1 aromatic carbocycles. The van der Waals surface area contributed by atoms with Crippen LogP contribution in [-0.4, -0.2) is 113 Å². The summed E-state index contributed by atoms with van der Waals surface area (Å²) in [6, 6.07) is 10.3. The number of nitrogens with zero attached hydrogens (tertiary/aromatic N) is 6. The summed E-state index contributed by atoms with van der Waals surface area (Å²) >= 11 is 0. The Labute approximate surface area is 195 Å². The first-order valence-corrected chi connectivity index (χ1v) is 11.8. The summed E-state index contributed by atoms with van der Waals surface area (Å²) in [7, 11) is 0. The molecule has 0 unspecified atom stereocenters. The zero-order valence-corrected chi connectivity index (χ0v) is 19.4. The van der Waals surface area contributed by atoms with Gasteiger partial charge in [-0.25, -0.2) is 9.78 Å². The Bertz CT molecular complexity index is 902. The van der Waals surface area contributed by atoms with Gasteiger partial charge in [0.25, 0.3) is 0 Å². The van der Waals surface area contributed by atoms with Gasteiger partial charge in [-0.1, -0.05) is 30.3 Å². The van der Waals surface area contributed by atoms with Crippen LogP contribution in [0.3, 0.4) is 0 Å². The zero-order chi connectivity index (χ0) is 23.0. The van der Waals surface area contributed by atoms with E-state index in [1.54, 1.807) is 11.8 Å². The van der Waals surface area contributed by atoms with E-state index in [-0.39, 0.29) is 12.0 Å². The van der Waals surface area contributed by atoms with E-state index in [0.29, 0.717) is 39.3 Å². The number of aromatic nitrogens is 2. The van der Waals surface area contributed by atoms with E-state index in [1.165, 1.54) is 0 Å². The van der Waals surface area contributed by atoms with Gasteiger partial charge in [0.1, 0.15) is 5.82 Å². The molecule has 0 spiro atoms. The molecule has 0 N–H and O–H groups in total. The van der Waals surface area contributed by atoms with Gasteiger partial charge < -0.3 is 19.1 Å². The molecule has 4 rings (SSSR count). The summed E-state index contributed by atoms with van der Waals surface area (Å²) < 4.78 is 7.26. The number of carbonyl (C=O) groups is 2. The summed E-state index contributed by atoms with van der Waals surface area (Å²) in [5, 5.41) is 0. The average molecular weight is 455 g/mol. The van der Waals surface area contributed by atoms with Crippen molar-refractivity contribution in [2.45, 2.75) is 13.5 Å². The van der Waals surface area contributed by atoms with Gasteiger partial charge in [0.2, 0.25) is 5.91 Å². The number of amides is 2. The summed E-state index contributed by atoms with van der Waals surface area (Å²) in [5.74, 6) is 1.15. The Hall–Kier alpha value is -2.91. The van der Waals surface area contributed by atoms with Crippen molar-refractivity contribution in [3.63, 3.8) is 0 Å². The van der Waals surface area contributed by atoms with Crippen molar-refractivity contribution in [1.29, 1.82) is 0 Å². The Kier molecular flexibility index (Phi) is 7.96. The fourth-order valence-electron chi connectivity index (χ4n) is 4.40. The molecule has 178 valence electrons. The molecule has 0 radical (unpaired) electrons. The largest absolute Gasteiger partial charge is 0.450 e. The summed E-state index contributed by atoms with van der Waals surface area (Å²) in [4.78, 5) is 37.3. The minimum Gasteiger partial charge on any atom is -0.450 e. The molecule has 9 nitrogen and oxygen atoms in total. The first kappa shape index (κ1) is 23.3. The summed E-state index contributed by atoms with van der Waals surface area (Å²) in [5.41, 5.74) is 1.13. The summed E-state index contributed by atoms with van der Waals surface area (Å²) in [6.07, 6.45) is 3.62. The third-order valence-electron chi connectivity index (χ3n) is 6.39. The molecule has 2 aliphatic heterocycles. The Morgan fingerprint density at radius 2 is 1.55 bits per heavy atom. The van der Waals surface area contributed by atoms with Crippen LogP contribution in [0.15, 0.2) is 42.7 Å². The molecule has 2 saturated heterocycles. The van der Waals surface area contributed by atoms with Crippen molar-refractivity contribution in [3.8, 4) is 11.4 Å². The molecule has 3 heterocycles. The fraction of sp³-hybridized carbons (Fsp3) is 0.542. The van der Waals surface area contributed by atoms with Gasteiger partial charge in [0.05, 0.1) is 13.2 Å². The molecule has 2 aliphatic rings. The lowest BCUT2D eigenvalue weighted by atomic mass is 10.2. The van der Waals surface area contributed by atoms with E-state index in [0.717, 1.165) is 50.7 Å². The van der Waals surface area contributed by atoms with Crippen LogP contribution in [-0.2, 0) is 16.1 Å². The molecule has 2 fully saturated rings. The number of piperazine rings is 2. The predicted octanol–water partition coefficient (Wildman–Crippen LogP) is 1.47. The molecular formula is C24H34N6O3. The molecule has 9 heteroatoms. The maximum Gasteiger partial charge on any atom is 0.409 e. The number of hydrogen-bond donors (Lipinski definition) is 0. The van der Waals surface area contributed by atoms with Crippen molar-refractivity contribution in [2.24, 2.45) is 0 Å². The first-order valence-electron chi connectivity index (χ1n) is 11.8. The Balaban J connectivity index is 1.17. The van der Waals surface area contributed by atoms with E-state index >= 15 is 0 Å². The lowest BCUT2D eigenvalue weighted by Crippen LogP contribution is -2.54. The number of hydrogen-bond acceptors (Lipinski definition) is 6. The van der Waals surface area contributed by atoms with Crippen molar-refractivity contribution < 1.29 is 14.3 Å². The smallest absolute Gasteiger partial charge is 0.409 e. The lowest BCUT2D eigenvalue weighted by Gasteiger charge is -2.37. The quantitative estimate of drug-likeness (QED) is 0.631. The highest BCUT2D eigenvalue weighted by Crippen LogP contribution is 2.17. The van der Waals surface area contributed by atoms with E-state index in [9.17, 15) is 9.59 Å². The predicted molar refractivity (Wildman–Crippen MR) is 126 cm³/mol. The average Bonchev–Trinajstić information content (AvgIpc) is 3.33. The first-order chi connectivity index (χ1) is 16.1. The van der Waals surface area contributed by atoms with Gasteiger partial charge >= 0.3 is 6.09 Å². The highest BCUT2D eigenvalue weighted by molar-refractivity contribution is 5.78. The molecule has 33 heavy (non-hydrogen) atoms. The maximum absolute atomic E-state index is 12.7. The van der Waals surface area contributed by atoms with Crippen LogP contribution in [0.2, 0.25) is 0 Å². The number of benzene rings is 1. The van der Waals surface area contributed by atoms with Crippen molar-refractivity contribution >= 4 is 12.0 Å². The van der Waals surface area contributed by atoms with E-state index in [4.69, 9.17) is 4.74 Å². The third-order valence-corrected chi connectivity index (χ3v) is 6.39. The molecule has 1 aromatic heterocycles. The van der Waals surface area contributed by atoms with Gasteiger partial charge in [-0.2, -0.15) is 0 Å². The molecule has 2 aromatic rings. The molecule has 0 bridgehead atoms.